The number of nitrogens with two attached hydrogens (primary N) is 1. The molecule has 1 aliphatic rings. The SMILES string of the molecule is Nc1nnc(NC(=O)[N+]2(c3ccccc3)CCOCC2)cc1OCCc1c(Cl)ccc(F)c1Cl. The Hall–Kier alpha value is -2.98. The Kier molecular flexibility index (Phi) is 7.47. The number of halogens is 3. The molecule has 1 aliphatic heterocycles. The number of urea groups is 1. The number of carbonyl (C=O) groups excluding carboxylic acids is 1. The van der Waals surface area contributed by atoms with Gasteiger partial charge < -0.3 is 15.2 Å². The van der Waals surface area contributed by atoms with Crippen LogP contribution in [0.2, 0.25) is 10.0 Å². The molecule has 0 bridgehead atoms. The van der Waals surface area contributed by atoms with Crippen molar-refractivity contribution in [2.75, 3.05) is 44.0 Å². The van der Waals surface area contributed by atoms with Gasteiger partial charge in [-0.05, 0) is 29.8 Å². The first-order valence-electron chi connectivity index (χ1n) is 10.6. The number of nitrogen functional groups attached to an aromatic ring is 1. The van der Waals surface area contributed by atoms with E-state index in [2.05, 4.69) is 15.5 Å². The fourth-order valence-electron chi connectivity index (χ4n) is 3.79. The van der Waals surface area contributed by atoms with E-state index in [4.69, 9.17) is 38.4 Å². The quantitative estimate of drug-likeness (QED) is 0.371. The second kappa shape index (κ2) is 10.5. The van der Waals surface area contributed by atoms with Crippen molar-refractivity contribution in [3.8, 4) is 5.75 Å². The summed E-state index contributed by atoms with van der Waals surface area (Å²) in [6.07, 6.45) is 0.243. The third kappa shape index (κ3) is 5.07. The van der Waals surface area contributed by atoms with Gasteiger partial charge in [0, 0.05) is 17.5 Å². The number of anilines is 2. The number of rotatable bonds is 6. The molecule has 4 rings (SSSR count). The maximum Gasteiger partial charge on any atom is 0.427 e. The predicted molar refractivity (Wildman–Crippen MR) is 130 cm³/mol. The van der Waals surface area contributed by atoms with Crippen molar-refractivity contribution in [1.29, 1.82) is 0 Å². The van der Waals surface area contributed by atoms with Crippen molar-refractivity contribution in [2.24, 2.45) is 0 Å². The number of quaternary nitrogens is 1. The first-order chi connectivity index (χ1) is 16.4. The molecule has 3 aromatic rings. The van der Waals surface area contributed by atoms with Crippen molar-refractivity contribution in [2.45, 2.75) is 6.42 Å². The monoisotopic (exact) mass is 506 g/mol. The zero-order valence-electron chi connectivity index (χ0n) is 18.1. The summed E-state index contributed by atoms with van der Waals surface area (Å²) in [6.45, 7) is 1.98. The Morgan fingerprint density at radius 3 is 2.62 bits per heavy atom. The zero-order chi connectivity index (χ0) is 24.1. The van der Waals surface area contributed by atoms with E-state index < -0.39 is 5.82 Å². The minimum Gasteiger partial charge on any atom is -0.489 e. The van der Waals surface area contributed by atoms with Crippen LogP contribution in [0.5, 0.6) is 5.75 Å². The highest BCUT2D eigenvalue weighted by molar-refractivity contribution is 6.36. The van der Waals surface area contributed by atoms with E-state index in [1.807, 2.05) is 30.3 Å². The average molecular weight is 507 g/mol. The van der Waals surface area contributed by atoms with Gasteiger partial charge in [0.25, 0.3) is 0 Å². The molecule has 2 aromatic carbocycles. The number of morpholine rings is 1. The van der Waals surface area contributed by atoms with Crippen molar-refractivity contribution in [3.63, 3.8) is 0 Å². The van der Waals surface area contributed by atoms with Crippen LogP contribution in [-0.4, -0.2) is 49.1 Å². The number of carbonyl (C=O) groups is 1. The third-order valence-electron chi connectivity index (χ3n) is 5.64. The van der Waals surface area contributed by atoms with Crippen LogP contribution < -0.4 is 20.3 Å². The van der Waals surface area contributed by atoms with Crippen LogP contribution in [0.1, 0.15) is 5.56 Å². The van der Waals surface area contributed by atoms with Crippen LogP contribution in [0.25, 0.3) is 0 Å². The van der Waals surface area contributed by atoms with E-state index in [9.17, 15) is 9.18 Å². The van der Waals surface area contributed by atoms with E-state index >= 15 is 0 Å². The van der Waals surface area contributed by atoms with Gasteiger partial charge in [0.05, 0.1) is 24.8 Å². The number of nitrogens with one attached hydrogen (secondary N) is 1. The number of hydrogen-bond donors (Lipinski definition) is 2. The molecule has 8 nitrogen and oxygen atoms in total. The number of para-hydroxylation sites is 1. The number of aromatic nitrogens is 2. The molecule has 178 valence electrons. The zero-order valence-corrected chi connectivity index (χ0v) is 19.7. The Balaban J connectivity index is 1.48. The standard InChI is InChI=1S/C23H22Cl2FN5O3/c24-17-6-7-18(26)21(25)16(17)8-11-34-19-14-20(29-30-22(19)27)28-23(32)31(9-12-33-13-10-31)15-4-2-1-3-5-15/h1-7,14H,8-13H2,(H2-,27,28,29,30,32)/p+1. The van der Waals surface area contributed by atoms with Gasteiger partial charge in [-0.3, -0.25) is 5.32 Å². The summed E-state index contributed by atoms with van der Waals surface area (Å²) in [7, 11) is 0. The van der Waals surface area contributed by atoms with Gasteiger partial charge in [-0.15, -0.1) is 10.2 Å². The molecule has 11 heteroatoms. The Morgan fingerprint density at radius 1 is 1.15 bits per heavy atom. The van der Waals surface area contributed by atoms with Gasteiger partial charge >= 0.3 is 6.03 Å². The highest BCUT2D eigenvalue weighted by Gasteiger charge is 2.41. The van der Waals surface area contributed by atoms with Crippen molar-refractivity contribution in [1.82, 2.24) is 14.7 Å². The van der Waals surface area contributed by atoms with Gasteiger partial charge in [-0.1, -0.05) is 41.4 Å². The van der Waals surface area contributed by atoms with E-state index in [0.29, 0.717) is 36.9 Å². The topological polar surface area (TPSA) is 99.4 Å². The average Bonchev–Trinajstić information content (AvgIpc) is 2.86. The minimum atomic E-state index is -0.560. The predicted octanol–water partition coefficient (Wildman–Crippen LogP) is 4.70. The van der Waals surface area contributed by atoms with Gasteiger partial charge in [0.1, 0.15) is 24.6 Å². The van der Waals surface area contributed by atoms with Crippen molar-refractivity contribution < 1.29 is 18.7 Å². The molecule has 3 N–H and O–H groups in total. The van der Waals surface area contributed by atoms with Crippen LogP contribution >= 0.6 is 23.2 Å². The van der Waals surface area contributed by atoms with Gasteiger partial charge in [-0.25, -0.2) is 13.7 Å². The minimum absolute atomic E-state index is 0.0489. The smallest absolute Gasteiger partial charge is 0.427 e. The molecule has 1 fully saturated rings. The molecule has 0 aliphatic carbocycles. The highest BCUT2D eigenvalue weighted by atomic mass is 35.5. The Bertz CT molecular complexity index is 1180. The number of hydrogen-bond acceptors (Lipinski definition) is 6. The molecule has 0 saturated carbocycles. The summed E-state index contributed by atoms with van der Waals surface area (Å²) in [6, 6.07) is 13.4. The van der Waals surface area contributed by atoms with Gasteiger partial charge in [0.2, 0.25) is 0 Å². The van der Waals surface area contributed by atoms with E-state index in [-0.39, 0.29) is 45.9 Å². The molecular weight excluding hydrogens is 484 g/mol. The second-order valence-corrected chi connectivity index (χ2v) is 8.48. The summed E-state index contributed by atoms with van der Waals surface area (Å²) < 4.78 is 25.0. The lowest BCUT2D eigenvalue weighted by Gasteiger charge is -2.37. The van der Waals surface area contributed by atoms with Crippen LogP contribution in [0, 0.1) is 5.82 Å². The molecule has 0 unspecified atom stereocenters. The Labute approximate surface area is 206 Å². The fraction of sp³-hybridized carbons (Fsp3) is 0.261. The molecular formula is C23H23Cl2FN5O3+. The lowest BCUT2D eigenvalue weighted by molar-refractivity contribution is 0.0583. The highest BCUT2D eigenvalue weighted by Crippen LogP contribution is 2.30. The van der Waals surface area contributed by atoms with Gasteiger partial charge in [0.15, 0.2) is 17.4 Å². The van der Waals surface area contributed by atoms with Crippen LogP contribution in [-0.2, 0) is 11.2 Å². The van der Waals surface area contributed by atoms with E-state index in [1.54, 1.807) is 0 Å². The first-order valence-corrected chi connectivity index (χ1v) is 11.4. The van der Waals surface area contributed by atoms with E-state index in [1.165, 1.54) is 18.2 Å². The molecule has 2 heterocycles. The van der Waals surface area contributed by atoms with Crippen LogP contribution in [0.3, 0.4) is 0 Å². The van der Waals surface area contributed by atoms with E-state index in [0.717, 1.165) is 5.69 Å². The van der Waals surface area contributed by atoms with Crippen LogP contribution in [0.15, 0.2) is 48.5 Å². The maximum atomic E-state index is 13.7. The number of ether oxygens (including phenoxy) is 2. The summed E-state index contributed by atoms with van der Waals surface area (Å²) in [5.41, 5.74) is 7.18. The lowest BCUT2D eigenvalue weighted by atomic mass is 10.1. The fourth-order valence-corrected chi connectivity index (χ4v) is 4.34. The Morgan fingerprint density at radius 2 is 1.88 bits per heavy atom. The summed E-state index contributed by atoms with van der Waals surface area (Å²) >= 11 is 12.1. The summed E-state index contributed by atoms with van der Waals surface area (Å²) in [5.74, 6) is -0.0966. The molecule has 1 saturated heterocycles. The van der Waals surface area contributed by atoms with Crippen molar-refractivity contribution >= 4 is 46.6 Å². The number of amides is 2. The third-order valence-corrected chi connectivity index (χ3v) is 6.41. The number of benzene rings is 2. The molecule has 0 radical (unpaired) electrons. The molecule has 0 atom stereocenters. The largest absolute Gasteiger partial charge is 0.489 e. The van der Waals surface area contributed by atoms with Crippen LogP contribution in [0.4, 0.5) is 26.5 Å². The maximum absolute atomic E-state index is 13.7. The molecule has 34 heavy (non-hydrogen) atoms. The molecule has 2 amide bonds. The lowest BCUT2D eigenvalue weighted by Crippen LogP contribution is -2.62. The summed E-state index contributed by atoms with van der Waals surface area (Å²) in [4.78, 5) is 13.4. The first kappa shape index (κ1) is 24.2. The number of nitrogens with zero attached hydrogens (tertiary/aromatic N) is 3. The summed E-state index contributed by atoms with van der Waals surface area (Å²) in [5, 5.41) is 11.0. The van der Waals surface area contributed by atoms with Gasteiger partial charge in [-0.2, -0.15) is 0 Å². The second-order valence-electron chi connectivity index (χ2n) is 7.69. The molecule has 1 aromatic heterocycles. The van der Waals surface area contributed by atoms with Crippen molar-refractivity contribution in [3.05, 3.63) is 70.0 Å². The normalized spacial score (nSPS) is 15.0. The molecule has 0 spiro atoms.